The third-order valence-electron chi connectivity index (χ3n) is 24.3. The van der Waals surface area contributed by atoms with Crippen molar-refractivity contribution in [3.63, 3.8) is 0 Å². The number of hydrogen-bond acceptors (Lipinski definition) is 19. The Morgan fingerprint density at radius 1 is 0.459 bits per heavy atom. The molecule has 0 N–H and O–H groups in total. The van der Waals surface area contributed by atoms with Crippen molar-refractivity contribution in [2.45, 2.75) is 454 Å². The number of ether oxygens (including phenoxy) is 4. The Bertz CT molecular complexity index is 3840. The molecule has 0 unspecified atom stereocenters. The molecular weight excluding hydrogens is 1750 g/mol. The molecule has 0 radical (unpaired) electrons. The van der Waals surface area contributed by atoms with E-state index in [9.17, 15) is 8.42 Å². The summed E-state index contributed by atoms with van der Waals surface area (Å²) in [6.07, 6.45) is 43.2. The Balaban J connectivity index is 0.000000504. The predicted octanol–water partition coefficient (Wildman–Crippen LogP) is 30.2. The van der Waals surface area contributed by atoms with Crippen molar-refractivity contribution in [2.75, 3.05) is 109 Å². The minimum atomic E-state index is -3.02. The highest BCUT2D eigenvalue weighted by Gasteiger charge is 2.30. The average molecular weight is 1960 g/mol. The van der Waals surface area contributed by atoms with Gasteiger partial charge in [-0.2, -0.15) is 0 Å². The van der Waals surface area contributed by atoms with Gasteiger partial charge in [0.1, 0.15) is 5.60 Å². The van der Waals surface area contributed by atoms with Crippen molar-refractivity contribution in [1.82, 2.24) is 53.4 Å². The number of hydrogen-bond donors (Lipinski definition) is 0. The molecule has 22 heteroatoms. The zero-order valence-electron chi connectivity index (χ0n) is 93.2. The van der Waals surface area contributed by atoms with Crippen LogP contribution in [0.5, 0.6) is 5.88 Å². The van der Waals surface area contributed by atoms with Crippen molar-refractivity contribution in [3.8, 4) is 11.0 Å². The van der Waals surface area contributed by atoms with Crippen molar-refractivity contribution in [2.24, 2.45) is 28.6 Å². The highest BCUT2D eigenvalue weighted by atomic mass is 32.2. The summed E-state index contributed by atoms with van der Waals surface area (Å²) in [5.41, 5.74) is 7.77. The number of piperidine rings is 5. The topological polar surface area (TPSA) is 160 Å². The summed E-state index contributed by atoms with van der Waals surface area (Å²) in [4.78, 5) is 34.3. The molecule has 12 rings (SSSR count). The van der Waals surface area contributed by atoms with Crippen molar-refractivity contribution in [3.05, 3.63) is 118 Å². The fourth-order valence-corrected chi connectivity index (χ4v) is 20.1. The van der Waals surface area contributed by atoms with E-state index in [0.29, 0.717) is 71.4 Å². The van der Waals surface area contributed by atoms with Gasteiger partial charge in [-0.25, -0.2) is 32.7 Å². The van der Waals surface area contributed by atoms with Gasteiger partial charge in [-0.1, -0.05) is 168 Å². The lowest BCUT2D eigenvalue weighted by atomic mass is 9.83. The standard InChI is InChI=1S/C14H29N.C13H27N.C11H23NO.C11H17N.C10H12N2S.C10H18N2S.C10H21NO3S.C10H20O.C9H13NO.C9H19N.C6H9NS/c1-5-10-15-11-7-13(8-12-15)6-9-14(2,3)4;1-4-9-14-10-7-13(8-11-14)6-5-12(2)3;1-4-7-12-8-5-11(6-9-12)13-10(2)3;1-11(2,3)8-7-10-6-4-5-9-12-10;1-8(2)9-7-13-10(11-9)12-5-3-4-6-12;1-5-12(6-2)10-11-9(7-13-10)8(3)4;1-10(2,3)14-9-5-7-11(8-6-9)15(4,12)13;1-10(2,3)11-9-7-5-4-6-8-9;1-9(2,3)11-8-6-4-5-7-10-8;1-9(2,3)10-7-5-4-6-8-10;1-5(2)6-3-8-4-7-6/h13H,5-12H2,1-4H3;12-13H,4-11H2,1-3H3;10-11H,4-9H2,1-3H3;4-6,9H,7-8H2,1-3H3;3-8H,1-2H3;7-8H,5-6H2,1-4H3;9H,5-8H2,1-4H3;9H,4-8H2,1-3H3;4-7H,1-3H3;4-8H2,1-3H3;3-5H,1-2H3. The molecule has 6 fully saturated rings. The SMILES string of the molecule is CC(C)(C)CCc1ccccn1.CC(C)(C)N1CCCCC1.CC(C)(C)OC1CCCCC1.CC(C)(C)OC1CCN(S(C)(=O)=O)CC1.CC(C)(C)Oc1ccccn1.CC(C)c1csc(-n2cccc2)n1.CC(C)c1cscn1.CCCN1CCC(CCC(C)(C)C)CC1.CCCN1CCC(CCC(C)C)CC1.CCCN1CCC(OC(C)C)CC1.CCN(CC)c1nc(C(C)C)cs1. The van der Waals surface area contributed by atoms with Gasteiger partial charge in [0.15, 0.2) is 10.3 Å². The molecule has 11 heterocycles. The molecule has 6 aromatic heterocycles. The van der Waals surface area contributed by atoms with Crippen LogP contribution < -0.4 is 9.64 Å². The van der Waals surface area contributed by atoms with Gasteiger partial charge in [-0.3, -0.25) is 9.88 Å². The van der Waals surface area contributed by atoms with Gasteiger partial charge >= 0.3 is 0 Å². The van der Waals surface area contributed by atoms with Crippen molar-refractivity contribution in [1.29, 1.82) is 0 Å². The third-order valence-corrected chi connectivity index (χ3v) is 28.0. The summed E-state index contributed by atoms with van der Waals surface area (Å²) in [5.74, 6) is 5.26. The zero-order valence-corrected chi connectivity index (χ0v) is 96.5. The molecule has 780 valence electrons. The molecule has 1 saturated carbocycles. The van der Waals surface area contributed by atoms with E-state index < -0.39 is 10.0 Å². The molecule has 0 aromatic carbocycles. The maximum Gasteiger partial charge on any atom is 0.213 e. The first-order valence-corrected chi connectivity index (χ1v) is 57.8. The lowest BCUT2D eigenvalue weighted by Gasteiger charge is -2.38. The van der Waals surface area contributed by atoms with E-state index >= 15 is 0 Å². The van der Waals surface area contributed by atoms with Crippen LogP contribution in [0.15, 0.2) is 95.0 Å². The van der Waals surface area contributed by atoms with Crippen LogP contribution in [-0.2, 0) is 30.7 Å². The highest BCUT2D eigenvalue weighted by Crippen LogP contribution is 2.32. The molecular formula is C113H208N12O6S4. The fourth-order valence-electron chi connectivity index (χ4n) is 16.4. The van der Waals surface area contributed by atoms with Crippen molar-refractivity contribution < 1.29 is 27.4 Å². The first-order valence-electron chi connectivity index (χ1n) is 53.3. The van der Waals surface area contributed by atoms with Gasteiger partial charge in [0.2, 0.25) is 15.9 Å². The molecule has 18 nitrogen and oxygen atoms in total. The van der Waals surface area contributed by atoms with Crippen LogP contribution in [0.1, 0.15) is 423 Å². The first kappa shape index (κ1) is 127. The highest BCUT2D eigenvalue weighted by molar-refractivity contribution is 7.88. The number of sulfonamides is 1. The molecule has 1 aliphatic carbocycles. The van der Waals surface area contributed by atoms with Crippen LogP contribution in [0.2, 0.25) is 0 Å². The van der Waals surface area contributed by atoms with Crippen LogP contribution >= 0.6 is 34.0 Å². The number of anilines is 1. The Kier molecular flexibility index (Phi) is 63.9. The maximum atomic E-state index is 11.3. The van der Waals surface area contributed by atoms with Crippen LogP contribution in [0.4, 0.5) is 5.13 Å². The smallest absolute Gasteiger partial charge is 0.213 e. The van der Waals surface area contributed by atoms with Gasteiger partial charge < -0.3 is 43.1 Å². The van der Waals surface area contributed by atoms with E-state index in [1.54, 1.807) is 40.2 Å². The largest absolute Gasteiger partial charge is 0.472 e. The van der Waals surface area contributed by atoms with Crippen LogP contribution in [0.3, 0.4) is 0 Å². The maximum absolute atomic E-state index is 11.3. The van der Waals surface area contributed by atoms with E-state index in [1.165, 1.54) is 247 Å². The van der Waals surface area contributed by atoms with E-state index in [0.717, 1.165) is 60.4 Å². The summed E-state index contributed by atoms with van der Waals surface area (Å²) < 4.78 is 49.1. The normalized spacial score (nSPS) is 17.1. The number of likely N-dealkylation sites (tertiary alicyclic amines) is 4. The number of aromatic nitrogens is 6. The molecule has 6 aliphatic rings. The molecule has 5 saturated heterocycles. The Hall–Kier alpha value is -4.30. The number of pyridine rings is 2. The van der Waals surface area contributed by atoms with E-state index in [-0.39, 0.29) is 22.9 Å². The summed E-state index contributed by atoms with van der Waals surface area (Å²) in [7, 11) is -3.02. The quantitative estimate of drug-likeness (QED) is 0.0504. The van der Waals surface area contributed by atoms with Crippen molar-refractivity contribution >= 4 is 49.2 Å². The van der Waals surface area contributed by atoms with E-state index in [4.69, 9.17) is 18.9 Å². The lowest BCUT2D eigenvalue weighted by Crippen LogP contribution is -2.44. The Morgan fingerprint density at radius 2 is 0.911 bits per heavy atom. The van der Waals surface area contributed by atoms with Gasteiger partial charge in [-0.15, -0.1) is 34.0 Å². The first-order chi connectivity index (χ1) is 63.2. The molecule has 0 amide bonds. The lowest BCUT2D eigenvalue weighted by molar-refractivity contribution is -0.0761. The summed E-state index contributed by atoms with van der Waals surface area (Å²) >= 11 is 5.09. The fraction of sp³-hybridized carbons (Fsp3) is 0.796. The molecule has 0 atom stereocenters. The Morgan fingerprint density at radius 3 is 1.28 bits per heavy atom. The van der Waals surface area contributed by atoms with Crippen LogP contribution in [0, 0.1) is 28.6 Å². The Labute approximate surface area is 844 Å². The average Bonchev–Trinajstić information content (AvgIpc) is 1.18. The van der Waals surface area contributed by atoms with E-state index in [2.05, 4.69) is 259 Å². The third kappa shape index (κ3) is 64.8. The number of rotatable bonds is 26. The van der Waals surface area contributed by atoms with Crippen LogP contribution in [-0.4, -0.2) is 213 Å². The molecule has 5 aliphatic heterocycles. The second kappa shape index (κ2) is 68.0. The molecule has 0 bridgehead atoms. The van der Waals surface area contributed by atoms with Gasteiger partial charge in [0.25, 0.3) is 0 Å². The summed E-state index contributed by atoms with van der Waals surface area (Å²) in [5, 5.41) is 8.59. The van der Waals surface area contributed by atoms with E-state index in [1.807, 2.05) is 113 Å². The molecule has 6 aromatic rings. The van der Waals surface area contributed by atoms with Gasteiger partial charge in [-0.05, 0) is 368 Å². The second-order valence-electron chi connectivity index (χ2n) is 46.2. The predicted molar refractivity (Wildman–Crippen MR) is 589 cm³/mol. The minimum absolute atomic E-state index is 0.0575. The molecule has 0 spiro atoms. The molecule has 135 heavy (non-hydrogen) atoms. The number of thiazole rings is 3. The minimum Gasteiger partial charge on any atom is -0.472 e. The number of aryl methyl sites for hydroxylation is 1. The summed E-state index contributed by atoms with van der Waals surface area (Å²) in [6, 6.07) is 15.7. The summed E-state index contributed by atoms with van der Waals surface area (Å²) in [6.45, 7) is 89.9. The second-order valence-corrected chi connectivity index (χ2v) is 50.6. The van der Waals surface area contributed by atoms with Crippen LogP contribution in [0.25, 0.3) is 5.13 Å². The monoisotopic (exact) mass is 1960 g/mol. The zero-order chi connectivity index (χ0) is 101. The van der Waals surface area contributed by atoms with Gasteiger partial charge in [0.05, 0.1) is 64.5 Å². The van der Waals surface area contributed by atoms with Gasteiger partial charge in [0, 0.05) is 97.5 Å². The number of nitrogens with zero attached hydrogens (tertiary/aromatic N) is 12.